The maximum Gasteiger partial charge on any atom is 0.242 e. The molecule has 2 aromatic carbocycles. The number of carbonyl (C=O) groups excluding carboxylic acids is 2. The van der Waals surface area contributed by atoms with E-state index < -0.39 is 16.1 Å². The minimum atomic E-state index is -3.60. The van der Waals surface area contributed by atoms with E-state index in [4.69, 9.17) is 4.74 Å². The fourth-order valence-electron chi connectivity index (χ4n) is 3.72. The van der Waals surface area contributed by atoms with Gasteiger partial charge in [0.25, 0.3) is 0 Å². The van der Waals surface area contributed by atoms with E-state index in [0.29, 0.717) is 37.6 Å². The number of para-hydroxylation sites is 2. The average Bonchev–Trinajstić information content (AvgIpc) is 2.81. The zero-order valence-electron chi connectivity index (χ0n) is 21.3. The molecule has 192 valence electrons. The summed E-state index contributed by atoms with van der Waals surface area (Å²) < 4.78 is 32.0. The van der Waals surface area contributed by atoms with E-state index in [-0.39, 0.29) is 24.8 Å². The highest BCUT2D eigenvalue weighted by Gasteiger charge is 2.27. The van der Waals surface area contributed by atoms with Crippen LogP contribution in [-0.4, -0.2) is 57.1 Å². The van der Waals surface area contributed by atoms with E-state index in [2.05, 4.69) is 5.32 Å². The Hall–Kier alpha value is -3.07. The molecule has 2 rings (SSSR count). The predicted molar refractivity (Wildman–Crippen MR) is 139 cm³/mol. The molecule has 0 aliphatic carbocycles. The number of benzene rings is 2. The van der Waals surface area contributed by atoms with Gasteiger partial charge in [0.15, 0.2) is 0 Å². The molecule has 0 aliphatic heterocycles. The first-order chi connectivity index (χ1) is 16.6. The number of aryl methyl sites for hydroxylation is 1. The van der Waals surface area contributed by atoms with Crippen LogP contribution < -0.4 is 14.4 Å². The largest absolute Gasteiger partial charge is 0.492 e. The minimum absolute atomic E-state index is 0.0957. The zero-order valence-corrected chi connectivity index (χ0v) is 22.1. The van der Waals surface area contributed by atoms with Gasteiger partial charge in [0.1, 0.15) is 11.8 Å². The Morgan fingerprint density at radius 3 is 2.31 bits per heavy atom. The highest BCUT2D eigenvalue weighted by atomic mass is 32.2. The Morgan fingerprint density at radius 2 is 1.71 bits per heavy atom. The Kier molecular flexibility index (Phi) is 10.6. The number of rotatable bonds is 13. The van der Waals surface area contributed by atoms with Crippen LogP contribution in [0.5, 0.6) is 5.75 Å². The lowest BCUT2D eigenvalue weighted by molar-refractivity contribution is -0.140. The van der Waals surface area contributed by atoms with Crippen LogP contribution in [0.15, 0.2) is 48.5 Å². The van der Waals surface area contributed by atoms with E-state index in [1.54, 1.807) is 36.1 Å². The van der Waals surface area contributed by atoms with E-state index in [1.807, 2.05) is 45.0 Å². The topological polar surface area (TPSA) is 96.0 Å². The highest BCUT2D eigenvalue weighted by Crippen LogP contribution is 2.30. The molecule has 0 fully saturated rings. The monoisotopic (exact) mass is 503 g/mol. The molecule has 0 saturated carbocycles. The summed E-state index contributed by atoms with van der Waals surface area (Å²) in [6.45, 7) is 8.63. The SMILES string of the molecule is CCNC(=O)[C@@H](C)N(Cc1ccc(C)cc1)C(=O)CCCN(c1ccccc1OCC)S(C)(=O)=O. The van der Waals surface area contributed by atoms with Gasteiger partial charge in [0.2, 0.25) is 21.8 Å². The van der Waals surface area contributed by atoms with Crippen molar-refractivity contribution >= 4 is 27.5 Å². The van der Waals surface area contributed by atoms with Gasteiger partial charge in [-0.05, 0) is 51.8 Å². The summed E-state index contributed by atoms with van der Waals surface area (Å²) in [5, 5.41) is 2.78. The van der Waals surface area contributed by atoms with Crippen LogP contribution in [0.1, 0.15) is 44.7 Å². The van der Waals surface area contributed by atoms with Crippen molar-refractivity contribution in [1.82, 2.24) is 10.2 Å². The van der Waals surface area contributed by atoms with Crippen LogP contribution in [0.3, 0.4) is 0 Å². The number of sulfonamides is 1. The minimum Gasteiger partial charge on any atom is -0.492 e. The molecular formula is C26H37N3O5S. The van der Waals surface area contributed by atoms with E-state index in [1.165, 1.54) is 4.31 Å². The Balaban J connectivity index is 2.18. The summed E-state index contributed by atoms with van der Waals surface area (Å²) in [7, 11) is -3.60. The van der Waals surface area contributed by atoms with Crippen molar-refractivity contribution in [2.75, 3.05) is 30.3 Å². The zero-order chi connectivity index (χ0) is 26.0. The number of amides is 2. The van der Waals surface area contributed by atoms with Crippen LogP contribution in [0, 0.1) is 6.92 Å². The van der Waals surface area contributed by atoms with Crippen LogP contribution in [0.2, 0.25) is 0 Å². The molecule has 1 N–H and O–H groups in total. The van der Waals surface area contributed by atoms with Gasteiger partial charge in [-0.2, -0.15) is 0 Å². The average molecular weight is 504 g/mol. The Bertz CT molecular complexity index is 1090. The van der Waals surface area contributed by atoms with Gasteiger partial charge in [0.05, 0.1) is 18.6 Å². The smallest absolute Gasteiger partial charge is 0.242 e. The molecule has 0 radical (unpaired) electrons. The van der Waals surface area contributed by atoms with Gasteiger partial charge in [-0.3, -0.25) is 13.9 Å². The standard InChI is InChI=1S/C26H37N3O5S/c1-6-27-26(31)21(4)28(19-22-16-14-20(3)15-17-22)25(30)13-10-18-29(35(5,32)33)23-11-8-9-12-24(23)34-7-2/h8-9,11-12,14-17,21H,6-7,10,13,18-19H2,1-5H3,(H,27,31)/t21-/m1/s1. The molecule has 0 spiro atoms. The molecule has 9 heteroatoms. The third kappa shape index (κ3) is 8.28. The van der Waals surface area contributed by atoms with Crippen molar-refractivity contribution in [2.24, 2.45) is 0 Å². The first-order valence-electron chi connectivity index (χ1n) is 11.9. The van der Waals surface area contributed by atoms with Gasteiger partial charge < -0.3 is 15.0 Å². The molecule has 0 aromatic heterocycles. The van der Waals surface area contributed by atoms with Gasteiger partial charge >= 0.3 is 0 Å². The lowest BCUT2D eigenvalue weighted by Gasteiger charge is -2.29. The van der Waals surface area contributed by atoms with Crippen molar-refractivity contribution < 1.29 is 22.7 Å². The van der Waals surface area contributed by atoms with Crippen LogP contribution in [0.4, 0.5) is 5.69 Å². The molecule has 8 nitrogen and oxygen atoms in total. The third-order valence-corrected chi connectivity index (χ3v) is 6.76. The van der Waals surface area contributed by atoms with Crippen molar-refractivity contribution in [2.45, 2.75) is 53.1 Å². The van der Waals surface area contributed by atoms with Gasteiger partial charge in [-0.1, -0.05) is 42.0 Å². The van der Waals surface area contributed by atoms with Crippen LogP contribution >= 0.6 is 0 Å². The maximum absolute atomic E-state index is 13.3. The molecule has 0 aliphatic rings. The number of carbonyl (C=O) groups is 2. The Morgan fingerprint density at radius 1 is 1.06 bits per heavy atom. The lowest BCUT2D eigenvalue weighted by atomic mass is 10.1. The van der Waals surface area contributed by atoms with Crippen molar-refractivity contribution in [3.05, 3.63) is 59.7 Å². The second-order valence-electron chi connectivity index (χ2n) is 8.42. The first kappa shape index (κ1) is 28.2. The third-order valence-electron chi connectivity index (χ3n) is 5.58. The summed E-state index contributed by atoms with van der Waals surface area (Å²) in [5.41, 5.74) is 2.47. The quantitative estimate of drug-likeness (QED) is 0.451. The summed E-state index contributed by atoms with van der Waals surface area (Å²) in [6.07, 6.45) is 1.52. The highest BCUT2D eigenvalue weighted by molar-refractivity contribution is 7.92. The van der Waals surface area contributed by atoms with Gasteiger partial charge in [0, 0.05) is 26.1 Å². The van der Waals surface area contributed by atoms with Crippen LogP contribution in [0.25, 0.3) is 0 Å². The van der Waals surface area contributed by atoms with Gasteiger partial charge in [-0.25, -0.2) is 8.42 Å². The number of likely N-dealkylation sites (N-methyl/N-ethyl adjacent to an activating group) is 1. The molecule has 35 heavy (non-hydrogen) atoms. The van der Waals surface area contributed by atoms with E-state index in [9.17, 15) is 18.0 Å². The summed E-state index contributed by atoms with van der Waals surface area (Å²) in [5.74, 6) is 0.0323. The maximum atomic E-state index is 13.3. The van der Waals surface area contributed by atoms with Crippen LogP contribution in [-0.2, 0) is 26.2 Å². The molecule has 0 saturated heterocycles. The van der Waals surface area contributed by atoms with Crippen molar-refractivity contribution in [1.29, 1.82) is 0 Å². The Labute approximate surface area is 209 Å². The molecular weight excluding hydrogens is 466 g/mol. The van der Waals surface area contributed by atoms with E-state index >= 15 is 0 Å². The second-order valence-corrected chi connectivity index (χ2v) is 10.3. The summed E-state index contributed by atoms with van der Waals surface area (Å²) in [6, 6.07) is 14.1. The molecule has 0 bridgehead atoms. The second kappa shape index (κ2) is 13.1. The molecule has 1 atom stereocenters. The number of nitrogens with one attached hydrogen (secondary N) is 1. The number of hydrogen-bond donors (Lipinski definition) is 1. The number of anilines is 1. The molecule has 0 unspecified atom stereocenters. The van der Waals surface area contributed by atoms with Crippen molar-refractivity contribution in [3.8, 4) is 5.75 Å². The molecule has 2 aromatic rings. The normalized spacial score (nSPS) is 12.0. The fourth-order valence-corrected chi connectivity index (χ4v) is 4.69. The lowest BCUT2D eigenvalue weighted by Crippen LogP contribution is -2.47. The molecule has 2 amide bonds. The number of hydrogen-bond acceptors (Lipinski definition) is 5. The van der Waals surface area contributed by atoms with Gasteiger partial charge in [-0.15, -0.1) is 0 Å². The first-order valence-corrected chi connectivity index (χ1v) is 13.8. The molecule has 0 heterocycles. The fraction of sp³-hybridized carbons (Fsp3) is 0.462. The number of nitrogens with zero attached hydrogens (tertiary/aromatic N) is 2. The summed E-state index contributed by atoms with van der Waals surface area (Å²) in [4.78, 5) is 27.3. The predicted octanol–water partition coefficient (Wildman–Crippen LogP) is 3.49. The number of ether oxygens (including phenoxy) is 1. The van der Waals surface area contributed by atoms with E-state index in [0.717, 1.165) is 17.4 Å². The summed E-state index contributed by atoms with van der Waals surface area (Å²) >= 11 is 0. The van der Waals surface area contributed by atoms with Crippen molar-refractivity contribution in [3.63, 3.8) is 0 Å².